The summed E-state index contributed by atoms with van der Waals surface area (Å²) in [6.07, 6.45) is 26.3. The third kappa shape index (κ3) is 5.40. The van der Waals surface area contributed by atoms with Gasteiger partial charge in [0.2, 0.25) is 0 Å². The molecule has 5 aromatic rings. The molecule has 0 aromatic heterocycles. The Kier molecular flexibility index (Phi) is 8.04. The maximum Gasteiger partial charge on any atom is 0.0447 e. The van der Waals surface area contributed by atoms with Crippen LogP contribution in [0, 0.1) is 11.8 Å². The number of hydrogen-bond donors (Lipinski definition) is 0. The van der Waals surface area contributed by atoms with Gasteiger partial charge in [-0.1, -0.05) is 85.0 Å². The summed E-state index contributed by atoms with van der Waals surface area (Å²) in [5, 5.41) is 5.48. The second-order valence-corrected chi connectivity index (χ2v) is 15.7. The van der Waals surface area contributed by atoms with Crippen LogP contribution in [0.1, 0.15) is 55.2 Å². The average Bonchev–Trinajstić information content (AvgIpc) is 3.35. The molecule has 260 valence electrons. The molecule has 0 N–H and O–H groups in total. The van der Waals surface area contributed by atoms with E-state index in [1.807, 2.05) is 0 Å². The van der Waals surface area contributed by atoms with Crippen LogP contribution < -0.4 is 14.7 Å². The number of fused-ring (bicyclic) bond motifs is 5. The van der Waals surface area contributed by atoms with Crippen molar-refractivity contribution in [3.8, 4) is 11.1 Å². The van der Waals surface area contributed by atoms with Crippen LogP contribution >= 0.6 is 0 Å². The van der Waals surface area contributed by atoms with E-state index >= 15 is 0 Å². The van der Waals surface area contributed by atoms with Crippen LogP contribution in [0.4, 0.5) is 22.7 Å². The minimum absolute atomic E-state index is 0.328. The molecule has 0 amide bonds. The van der Waals surface area contributed by atoms with Crippen molar-refractivity contribution in [3.63, 3.8) is 0 Å². The fourth-order valence-electron chi connectivity index (χ4n) is 9.98. The van der Waals surface area contributed by atoms with Gasteiger partial charge in [0.25, 0.3) is 0 Å². The minimum atomic E-state index is 0.328. The molecular weight excluding hydrogens is 631 g/mol. The summed E-state index contributed by atoms with van der Waals surface area (Å²) >= 11 is 0. The highest BCUT2D eigenvalue weighted by Gasteiger charge is 2.29. The minimum Gasteiger partial charge on any atom is -0.372 e. The van der Waals surface area contributed by atoms with Crippen molar-refractivity contribution in [2.24, 2.45) is 11.8 Å². The Morgan fingerprint density at radius 3 is 1.87 bits per heavy atom. The van der Waals surface area contributed by atoms with E-state index in [1.54, 1.807) is 0 Å². The number of anilines is 4. The Bertz CT molecular complexity index is 2310. The van der Waals surface area contributed by atoms with Gasteiger partial charge in [0, 0.05) is 67.8 Å². The topological polar surface area (TPSA) is 9.72 Å². The molecule has 2 unspecified atom stereocenters. The summed E-state index contributed by atoms with van der Waals surface area (Å²) in [7, 11) is 2.26. The van der Waals surface area contributed by atoms with Crippen LogP contribution in [-0.2, 0) is 12.8 Å². The molecule has 0 saturated carbocycles. The lowest BCUT2D eigenvalue weighted by Crippen LogP contribution is -2.29. The summed E-state index contributed by atoms with van der Waals surface area (Å²) < 4.78 is 0. The van der Waals surface area contributed by atoms with Crippen molar-refractivity contribution in [1.82, 2.24) is 0 Å². The van der Waals surface area contributed by atoms with Gasteiger partial charge in [0.05, 0.1) is 0 Å². The van der Waals surface area contributed by atoms with Gasteiger partial charge in [0.1, 0.15) is 0 Å². The second kappa shape index (κ2) is 13.2. The van der Waals surface area contributed by atoms with E-state index in [4.69, 9.17) is 0 Å². The van der Waals surface area contributed by atoms with Crippen LogP contribution in [-0.4, -0.2) is 33.2 Å². The van der Waals surface area contributed by atoms with Crippen LogP contribution in [0.15, 0.2) is 121 Å². The first-order valence-corrected chi connectivity index (χ1v) is 19.9. The standard InChI is InChI=1S/C49H49N3/c1-50-46-18-7-5-14-35(46)19-20-36-21-22-37(31-47(36)50)48-42-25-23-39(52-29-10-3-11-30-52)33-45(42)49(41-17-12-15-34-13-4-6-16-40(34)41)43-26-24-38(32-44(43)48)51-27-8-2-9-28-51/h4-7,12-18,21-26,31-34,40H,2-3,8-11,19-20,27-30H2,1H3. The van der Waals surface area contributed by atoms with Crippen molar-refractivity contribution in [2.45, 2.75) is 51.4 Å². The molecule has 5 aromatic carbocycles. The predicted molar refractivity (Wildman–Crippen MR) is 223 cm³/mol. The summed E-state index contributed by atoms with van der Waals surface area (Å²) in [6.45, 7) is 4.56. The first-order valence-electron chi connectivity index (χ1n) is 19.9. The fraction of sp³-hybridized carbons (Fsp3) is 0.306. The molecular formula is C49H49N3. The van der Waals surface area contributed by atoms with Gasteiger partial charge >= 0.3 is 0 Å². The summed E-state index contributed by atoms with van der Waals surface area (Å²) in [6, 6.07) is 31.2. The number of aryl methyl sites for hydroxylation is 2. The molecule has 2 saturated heterocycles. The van der Waals surface area contributed by atoms with E-state index in [-0.39, 0.29) is 0 Å². The maximum atomic E-state index is 2.63. The molecule has 3 heterocycles. The van der Waals surface area contributed by atoms with Crippen molar-refractivity contribution >= 4 is 49.9 Å². The van der Waals surface area contributed by atoms with Crippen molar-refractivity contribution in [2.75, 3.05) is 47.9 Å². The maximum absolute atomic E-state index is 2.63. The van der Waals surface area contributed by atoms with Gasteiger partial charge in [-0.05, 0) is 143 Å². The summed E-state index contributed by atoms with van der Waals surface area (Å²) in [5.41, 5.74) is 13.8. The van der Waals surface area contributed by atoms with Crippen molar-refractivity contribution in [3.05, 3.63) is 138 Å². The Balaban J connectivity index is 1.26. The van der Waals surface area contributed by atoms with E-state index < -0.39 is 0 Å². The Morgan fingerprint density at radius 1 is 0.519 bits per heavy atom. The van der Waals surface area contributed by atoms with Crippen molar-refractivity contribution in [1.29, 1.82) is 0 Å². The lowest BCUT2D eigenvalue weighted by molar-refractivity contribution is 0.578. The van der Waals surface area contributed by atoms with E-state index in [0.717, 1.165) is 39.0 Å². The summed E-state index contributed by atoms with van der Waals surface area (Å²) in [4.78, 5) is 7.70. The molecule has 3 aliphatic heterocycles. The summed E-state index contributed by atoms with van der Waals surface area (Å²) in [5.74, 6) is 0.713. The molecule has 2 fully saturated rings. The van der Waals surface area contributed by atoms with E-state index in [9.17, 15) is 0 Å². The SMILES string of the molecule is CN1c2ccccc2CCc2ccc(-c3c4ccc(N5CCCCC5)cc4c(C4=CC=CC5C=CC=CC45)c4ccc(N5CCCCC5)cc34)cc21. The third-order valence-electron chi connectivity index (χ3n) is 12.7. The number of para-hydroxylation sites is 1. The molecule has 5 aliphatic rings. The predicted octanol–water partition coefficient (Wildman–Crippen LogP) is 11.8. The molecule has 3 heteroatoms. The fourth-order valence-corrected chi connectivity index (χ4v) is 9.98. The van der Waals surface area contributed by atoms with Crippen LogP contribution in [0.2, 0.25) is 0 Å². The molecule has 2 atom stereocenters. The number of hydrogen-bond acceptors (Lipinski definition) is 3. The Hall–Kier alpha value is -5.02. The van der Waals surface area contributed by atoms with Crippen LogP contribution in [0.5, 0.6) is 0 Å². The molecule has 52 heavy (non-hydrogen) atoms. The largest absolute Gasteiger partial charge is 0.372 e. The molecule has 0 spiro atoms. The van der Waals surface area contributed by atoms with Crippen molar-refractivity contribution < 1.29 is 0 Å². The highest BCUT2D eigenvalue weighted by atomic mass is 15.1. The first-order chi connectivity index (χ1) is 25.7. The second-order valence-electron chi connectivity index (χ2n) is 15.7. The molecule has 0 radical (unpaired) electrons. The Labute approximate surface area is 309 Å². The van der Waals surface area contributed by atoms with Gasteiger partial charge in [-0.25, -0.2) is 0 Å². The van der Waals surface area contributed by atoms with E-state index in [1.165, 1.54) is 116 Å². The lowest BCUT2D eigenvalue weighted by atomic mass is 9.74. The Morgan fingerprint density at radius 2 is 1.13 bits per heavy atom. The lowest BCUT2D eigenvalue weighted by Gasteiger charge is -2.32. The molecule has 2 aliphatic carbocycles. The zero-order chi connectivity index (χ0) is 34.6. The molecule has 0 bridgehead atoms. The number of nitrogens with zero attached hydrogens (tertiary/aromatic N) is 3. The van der Waals surface area contributed by atoms with Gasteiger partial charge in [-0.2, -0.15) is 0 Å². The quantitative estimate of drug-likeness (QED) is 0.175. The smallest absolute Gasteiger partial charge is 0.0447 e. The van der Waals surface area contributed by atoms with Crippen LogP contribution in [0.25, 0.3) is 38.2 Å². The number of allylic oxidation sites excluding steroid dienone is 8. The van der Waals surface area contributed by atoms with Gasteiger partial charge in [-0.15, -0.1) is 0 Å². The average molecular weight is 680 g/mol. The number of benzene rings is 5. The first kappa shape index (κ1) is 31.7. The zero-order valence-electron chi connectivity index (χ0n) is 30.5. The third-order valence-corrected chi connectivity index (χ3v) is 12.7. The van der Waals surface area contributed by atoms with Gasteiger partial charge in [0.15, 0.2) is 0 Å². The number of rotatable bonds is 4. The normalized spacial score (nSPS) is 21.2. The van der Waals surface area contributed by atoms with E-state index in [2.05, 4.69) is 143 Å². The van der Waals surface area contributed by atoms with Gasteiger partial charge in [-0.3, -0.25) is 0 Å². The highest BCUT2D eigenvalue weighted by Crippen LogP contribution is 2.49. The van der Waals surface area contributed by atoms with E-state index in [0.29, 0.717) is 11.8 Å². The zero-order valence-corrected chi connectivity index (χ0v) is 30.5. The molecule has 10 rings (SSSR count). The van der Waals surface area contributed by atoms with Crippen LogP contribution in [0.3, 0.4) is 0 Å². The number of piperidine rings is 2. The van der Waals surface area contributed by atoms with Gasteiger partial charge < -0.3 is 14.7 Å². The highest BCUT2D eigenvalue weighted by molar-refractivity contribution is 6.20. The molecule has 3 nitrogen and oxygen atoms in total. The monoisotopic (exact) mass is 679 g/mol.